The number of carbonyl (C=O) groups excluding carboxylic acids is 1. The van der Waals surface area contributed by atoms with Crippen molar-refractivity contribution in [1.29, 1.82) is 0 Å². The Morgan fingerprint density at radius 3 is 3.07 bits per heavy atom. The Hall–Kier alpha value is -1.21. The minimum absolute atomic E-state index is 0.159. The van der Waals surface area contributed by atoms with Crippen LogP contribution in [0.15, 0.2) is 26.1 Å². The highest BCUT2D eigenvalue weighted by Gasteiger charge is 2.10. The van der Waals surface area contributed by atoms with Gasteiger partial charge in [0.15, 0.2) is 5.82 Å². The van der Waals surface area contributed by atoms with Crippen molar-refractivity contribution in [3.63, 3.8) is 0 Å². The first-order valence-corrected chi connectivity index (χ1v) is 5.76. The van der Waals surface area contributed by atoms with E-state index in [9.17, 15) is 4.79 Å². The Bertz CT molecular complexity index is 454. The van der Waals surface area contributed by atoms with Crippen molar-refractivity contribution in [1.82, 2.24) is 15.5 Å². The van der Waals surface area contributed by atoms with Gasteiger partial charge in [-0.3, -0.25) is 4.79 Å². The van der Waals surface area contributed by atoms with Gasteiger partial charge in [-0.15, -0.1) is 0 Å². The molecule has 0 aromatic carbocycles. The van der Waals surface area contributed by atoms with Gasteiger partial charge in [-0.1, -0.05) is 5.16 Å². The highest BCUT2D eigenvalue weighted by Crippen LogP contribution is 2.20. The van der Waals surface area contributed by atoms with Crippen molar-refractivity contribution >= 4 is 33.2 Å². The third-order valence-electron chi connectivity index (χ3n) is 1.67. The molecule has 0 radical (unpaired) electrons. The summed E-state index contributed by atoms with van der Waals surface area (Å²) in [6.45, 7) is 0.262. The molecule has 0 bridgehead atoms. The molecule has 0 aliphatic carbocycles. The van der Waals surface area contributed by atoms with Gasteiger partial charge < -0.3 is 9.84 Å². The molecule has 2 heterocycles. The van der Waals surface area contributed by atoms with E-state index in [4.69, 9.17) is 0 Å². The monoisotopic (exact) mass is 287 g/mol. The molecule has 0 unspecified atom stereocenters. The maximum atomic E-state index is 11.6. The van der Waals surface area contributed by atoms with Gasteiger partial charge in [0.25, 0.3) is 5.91 Å². The van der Waals surface area contributed by atoms with Crippen molar-refractivity contribution in [3.05, 3.63) is 33.0 Å². The van der Waals surface area contributed by atoms with E-state index in [1.165, 1.54) is 17.7 Å². The molecule has 2 rings (SSSR count). The van der Waals surface area contributed by atoms with E-state index >= 15 is 0 Å². The molecule has 0 saturated carbocycles. The van der Waals surface area contributed by atoms with Gasteiger partial charge in [0.2, 0.25) is 6.39 Å². The third-order valence-corrected chi connectivity index (χ3v) is 3.38. The molecule has 1 N–H and O–H groups in total. The molecule has 0 atom stereocenters. The number of aromatic nitrogens is 2. The van der Waals surface area contributed by atoms with Gasteiger partial charge in [-0.2, -0.15) is 16.3 Å². The number of thiophene rings is 1. The van der Waals surface area contributed by atoms with Gasteiger partial charge in [0.1, 0.15) is 0 Å². The fraction of sp³-hybridized carbons (Fsp3) is 0.125. The van der Waals surface area contributed by atoms with E-state index < -0.39 is 0 Å². The lowest BCUT2D eigenvalue weighted by Gasteiger charge is -2.00. The van der Waals surface area contributed by atoms with Crippen LogP contribution in [0.2, 0.25) is 0 Å². The Labute approximate surface area is 97.6 Å². The number of hydrogen-bond acceptors (Lipinski definition) is 5. The summed E-state index contributed by atoms with van der Waals surface area (Å²) in [5.41, 5.74) is 0.614. The van der Waals surface area contributed by atoms with Crippen LogP contribution in [0.1, 0.15) is 16.2 Å². The van der Waals surface area contributed by atoms with Gasteiger partial charge in [-0.25, -0.2) is 0 Å². The Balaban J connectivity index is 1.96. The van der Waals surface area contributed by atoms with Crippen molar-refractivity contribution in [2.45, 2.75) is 6.54 Å². The van der Waals surface area contributed by atoms with E-state index in [0.29, 0.717) is 11.4 Å². The molecule has 2 aromatic heterocycles. The maximum absolute atomic E-state index is 11.6. The quantitative estimate of drug-likeness (QED) is 0.935. The number of nitrogens with zero attached hydrogens (tertiary/aromatic N) is 2. The predicted octanol–water partition coefficient (Wildman–Crippen LogP) is 1.82. The first-order valence-electron chi connectivity index (χ1n) is 4.02. The predicted molar refractivity (Wildman–Crippen MR) is 57.5 cm³/mol. The highest BCUT2D eigenvalue weighted by atomic mass is 79.9. The summed E-state index contributed by atoms with van der Waals surface area (Å²) in [6.07, 6.45) is 1.22. The summed E-state index contributed by atoms with van der Waals surface area (Å²) >= 11 is 4.75. The number of halogens is 1. The van der Waals surface area contributed by atoms with Crippen LogP contribution >= 0.6 is 27.3 Å². The first-order chi connectivity index (χ1) is 7.27. The Morgan fingerprint density at radius 2 is 2.47 bits per heavy atom. The summed E-state index contributed by atoms with van der Waals surface area (Å²) in [6, 6.07) is 0. The molecule has 78 valence electrons. The lowest BCUT2D eigenvalue weighted by molar-refractivity contribution is 0.0949. The van der Waals surface area contributed by atoms with Crippen LogP contribution in [0.5, 0.6) is 0 Å². The van der Waals surface area contributed by atoms with E-state index in [-0.39, 0.29) is 12.5 Å². The molecule has 2 aromatic rings. The molecule has 15 heavy (non-hydrogen) atoms. The molecular weight excluding hydrogens is 282 g/mol. The summed E-state index contributed by atoms with van der Waals surface area (Å²) in [4.78, 5) is 15.4. The Morgan fingerprint density at radius 1 is 1.60 bits per heavy atom. The second-order valence-corrected chi connectivity index (χ2v) is 4.26. The Kier molecular flexibility index (Phi) is 3.12. The number of amides is 1. The molecule has 7 heteroatoms. The molecule has 5 nitrogen and oxygen atoms in total. The van der Waals surface area contributed by atoms with Crippen LogP contribution in [0.25, 0.3) is 0 Å². The average Bonchev–Trinajstić information content (AvgIpc) is 2.84. The van der Waals surface area contributed by atoms with Gasteiger partial charge in [0, 0.05) is 15.2 Å². The summed E-state index contributed by atoms with van der Waals surface area (Å²) in [7, 11) is 0. The zero-order valence-electron chi connectivity index (χ0n) is 7.44. The highest BCUT2D eigenvalue weighted by molar-refractivity contribution is 9.10. The third kappa shape index (κ3) is 2.42. The summed E-state index contributed by atoms with van der Waals surface area (Å²) in [5, 5.41) is 9.89. The van der Waals surface area contributed by atoms with Crippen LogP contribution in [-0.2, 0) is 6.54 Å². The lowest BCUT2D eigenvalue weighted by atomic mass is 10.3. The smallest absolute Gasteiger partial charge is 0.253 e. The largest absolute Gasteiger partial charge is 0.345 e. The number of rotatable bonds is 3. The zero-order chi connectivity index (χ0) is 10.7. The SMILES string of the molecule is O=C(NCc1ncon1)c1cscc1Br. The normalized spacial score (nSPS) is 10.2. The van der Waals surface area contributed by atoms with Crippen LogP contribution < -0.4 is 5.32 Å². The molecular formula is C8H6BrN3O2S. The average molecular weight is 288 g/mol. The number of hydrogen-bond donors (Lipinski definition) is 1. The number of nitrogens with one attached hydrogen (secondary N) is 1. The van der Waals surface area contributed by atoms with Crippen molar-refractivity contribution in [3.8, 4) is 0 Å². The molecule has 0 aliphatic heterocycles. The molecule has 1 amide bonds. The second-order valence-electron chi connectivity index (χ2n) is 2.66. The van der Waals surface area contributed by atoms with E-state index in [1.807, 2.05) is 5.38 Å². The zero-order valence-corrected chi connectivity index (χ0v) is 9.84. The molecule has 0 saturated heterocycles. The minimum atomic E-state index is -0.159. The van der Waals surface area contributed by atoms with Crippen molar-refractivity contribution in [2.24, 2.45) is 0 Å². The van der Waals surface area contributed by atoms with Crippen LogP contribution in [0.4, 0.5) is 0 Å². The van der Waals surface area contributed by atoms with Gasteiger partial charge in [0.05, 0.1) is 12.1 Å². The van der Waals surface area contributed by atoms with Gasteiger partial charge in [-0.05, 0) is 15.9 Å². The standard InChI is InChI=1S/C8H6BrN3O2S/c9-6-3-15-2-5(6)8(13)10-1-7-11-4-14-12-7/h2-4H,1H2,(H,10,13). The van der Waals surface area contributed by atoms with E-state index in [0.717, 1.165) is 4.47 Å². The van der Waals surface area contributed by atoms with Crippen LogP contribution in [-0.4, -0.2) is 16.0 Å². The lowest BCUT2D eigenvalue weighted by Crippen LogP contribution is -2.23. The van der Waals surface area contributed by atoms with Gasteiger partial charge >= 0.3 is 0 Å². The van der Waals surface area contributed by atoms with Crippen molar-refractivity contribution in [2.75, 3.05) is 0 Å². The fourth-order valence-corrected chi connectivity index (χ4v) is 2.42. The molecule has 0 fully saturated rings. The topological polar surface area (TPSA) is 68.0 Å². The fourth-order valence-electron chi connectivity index (χ4n) is 0.968. The van der Waals surface area contributed by atoms with E-state index in [1.54, 1.807) is 5.38 Å². The summed E-state index contributed by atoms with van der Waals surface area (Å²) in [5.74, 6) is 0.294. The number of carbonyl (C=O) groups is 1. The summed E-state index contributed by atoms with van der Waals surface area (Å²) < 4.78 is 5.33. The van der Waals surface area contributed by atoms with Crippen LogP contribution in [0, 0.1) is 0 Å². The maximum Gasteiger partial charge on any atom is 0.253 e. The molecule has 0 spiro atoms. The van der Waals surface area contributed by atoms with E-state index in [2.05, 4.69) is 35.9 Å². The van der Waals surface area contributed by atoms with Crippen LogP contribution in [0.3, 0.4) is 0 Å². The van der Waals surface area contributed by atoms with Crippen molar-refractivity contribution < 1.29 is 9.32 Å². The second kappa shape index (κ2) is 4.54. The minimum Gasteiger partial charge on any atom is -0.345 e. The first kappa shape index (κ1) is 10.3. The molecule has 0 aliphatic rings.